The summed E-state index contributed by atoms with van der Waals surface area (Å²) in [6.45, 7) is 6.06. The van der Waals surface area contributed by atoms with Crippen LogP contribution >= 0.6 is 0 Å². The fraction of sp³-hybridized carbons (Fsp3) is 0.500. The number of aromatic hydroxyl groups is 2. The molecule has 5 nitrogen and oxygen atoms in total. The second-order valence-corrected chi connectivity index (χ2v) is 5.63. The lowest BCUT2D eigenvalue weighted by molar-refractivity contribution is 0.0307. The molecule has 0 spiro atoms. The van der Waals surface area contributed by atoms with E-state index in [-0.39, 0.29) is 28.5 Å². The topological polar surface area (TPSA) is 64.0 Å². The number of likely N-dealkylation sites (N-methyl/N-ethyl adjacent to an activating group) is 1. The summed E-state index contributed by atoms with van der Waals surface area (Å²) in [5.74, 6) is -0.680. The summed E-state index contributed by atoms with van der Waals surface area (Å²) < 4.78 is 0. The van der Waals surface area contributed by atoms with Crippen LogP contribution in [0.5, 0.6) is 11.5 Å². The van der Waals surface area contributed by atoms with Gasteiger partial charge in [0.25, 0.3) is 5.91 Å². The number of phenolic OH excluding ortho intramolecular Hbond substituents is 2. The number of hydrogen-bond acceptors (Lipinski definition) is 4. The third-order valence-electron chi connectivity index (χ3n) is 3.84. The second kappa shape index (κ2) is 4.74. The fourth-order valence-electron chi connectivity index (χ4n) is 2.32. The van der Waals surface area contributed by atoms with Gasteiger partial charge in [-0.25, -0.2) is 0 Å². The van der Waals surface area contributed by atoms with E-state index in [1.165, 1.54) is 18.2 Å². The first kappa shape index (κ1) is 13.7. The van der Waals surface area contributed by atoms with Gasteiger partial charge < -0.3 is 15.1 Å². The molecule has 1 fully saturated rings. The van der Waals surface area contributed by atoms with Crippen molar-refractivity contribution in [3.63, 3.8) is 0 Å². The van der Waals surface area contributed by atoms with E-state index in [9.17, 15) is 15.0 Å². The fourth-order valence-corrected chi connectivity index (χ4v) is 2.32. The van der Waals surface area contributed by atoms with Crippen LogP contribution < -0.4 is 0 Å². The van der Waals surface area contributed by atoms with Gasteiger partial charge in [0.05, 0.1) is 0 Å². The number of rotatable bonds is 1. The van der Waals surface area contributed by atoms with Crippen LogP contribution in [0.1, 0.15) is 24.2 Å². The summed E-state index contributed by atoms with van der Waals surface area (Å²) in [4.78, 5) is 16.3. The van der Waals surface area contributed by atoms with E-state index < -0.39 is 0 Å². The van der Waals surface area contributed by atoms with Crippen LogP contribution in [-0.4, -0.2) is 58.1 Å². The molecule has 1 aliphatic heterocycles. The SMILES string of the molecule is CN1CCN(C(=O)c2c(O)cccc2O)CC1(C)C. The minimum absolute atomic E-state index is 0.0112. The number of hydrogen-bond donors (Lipinski definition) is 2. The van der Waals surface area contributed by atoms with Crippen LogP contribution in [0, 0.1) is 0 Å². The van der Waals surface area contributed by atoms with Crippen LogP contribution in [0.25, 0.3) is 0 Å². The van der Waals surface area contributed by atoms with Gasteiger partial charge in [-0.1, -0.05) is 6.07 Å². The highest BCUT2D eigenvalue weighted by Gasteiger charge is 2.34. The van der Waals surface area contributed by atoms with E-state index in [4.69, 9.17) is 0 Å². The first-order chi connectivity index (χ1) is 8.83. The smallest absolute Gasteiger partial charge is 0.261 e. The zero-order valence-corrected chi connectivity index (χ0v) is 11.6. The molecule has 0 bridgehead atoms. The Morgan fingerprint density at radius 1 is 1.21 bits per heavy atom. The largest absolute Gasteiger partial charge is 0.507 e. The van der Waals surface area contributed by atoms with Gasteiger partial charge in [-0.3, -0.25) is 9.69 Å². The Balaban J connectivity index is 2.26. The Labute approximate surface area is 113 Å². The van der Waals surface area contributed by atoms with Crippen molar-refractivity contribution >= 4 is 5.91 Å². The Morgan fingerprint density at radius 2 is 1.79 bits per heavy atom. The van der Waals surface area contributed by atoms with Crippen LogP contribution in [-0.2, 0) is 0 Å². The number of piperazine rings is 1. The van der Waals surface area contributed by atoms with Gasteiger partial charge in [0.15, 0.2) is 0 Å². The summed E-state index contributed by atoms with van der Waals surface area (Å²) in [7, 11) is 2.03. The molecule has 104 valence electrons. The van der Waals surface area contributed by atoms with Crippen LogP contribution in [0.4, 0.5) is 0 Å². The maximum atomic E-state index is 12.4. The maximum absolute atomic E-state index is 12.4. The highest BCUT2D eigenvalue weighted by molar-refractivity contribution is 5.99. The Bertz CT molecular complexity index is 479. The molecule has 2 rings (SSSR count). The molecule has 0 saturated carbocycles. The number of phenols is 2. The van der Waals surface area contributed by atoms with E-state index in [0.29, 0.717) is 13.1 Å². The molecule has 0 unspecified atom stereocenters. The van der Waals surface area contributed by atoms with Crippen molar-refractivity contribution in [3.8, 4) is 11.5 Å². The van der Waals surface area contributed by atoms with Crippen molar-refractivity contribution in [1.82, 2.24) is 9.80 Å². The van der Waals surface area contributed by atoms with Gasteiger partial charge in [0.1, 0.15) is 17.1 Å². The predicted molar refractivity (Wildman–Crippen MR) is 72.4 cm³/mol. The number of carbonyl (C=O) groups is 1. The van der Waals surface area contributed by atoms with Crippen LogP contribution in [0.2, 0.25) is 0 Å². The normalized spacial score (nSPS) is 19.4. The van der Waals surface area contributed by atoms with Crippen LogP contribution in [0.15, 0.2) is 18.2 Å². The molecule has 0 aromatic heterocycles. The lowest BCUT2D eigenvalue weighted by Crippen LogP contribution is -2.58. The predicted octanol–water partition coefficient (Wildman–Crippen LogP) is 1.26. The molecule has 19 heavy (non-hydrogen) atoms. The van der Waals surface area contributed by atoms with Gasteiger partial charge in [-0.15, -0.1) is 0 Å². The van der Waals surface area contributed by atoms with Gasteiger partial charge in [0, 0.05) is 25.2 Å². The molecule has 0 atom stereocenters. The Morgan fingerprint density at radius 3 is 2.32 bits per heavy atom. The number of benzene rings is 1. The molecule has 0 aliphatic carbocycles. The van der Waals surface area contributed by atoms with Crippen molar-refractivity contribution in [2.45, 2.75) is 19.4 Å². The summed E-state index contributed by atoms with van der Waals surface area (Å²) in [6, 6.07) is 4.33. The van der Waals surface area contributed by atoms with Crippen molar-refractivity contribution in [1.29, 1.82) is 0 Å². The lowest BCUT2D eigenvalue weighted by atomic mass is 9.99. The standard InChI is InChI=1S/C14H20N2O3/c1-14(2)9-16(8-7-15(14)3)13(19)12-10(17)5-4-6-11(12)18/h4-6,17-18H,7-9H2,1-3H3. The van der Waals surface area contributed by atoms with Crippen LogP contribution in [0.3, 0.4) is 0 Å². The van der Waals surface area contributed by atoms with E-state index in [1.54, 1.807) is 4.90 Å². The van der Waals surface area contributed by atoms with Gasteiger partial charge in [-0.05, 0) is 33.0 Å². The third kappa shape index (κ3) is 2.51. The molecule has 2 N–H and O–H groups in total. The highest BCUT2D eigenvalue weighted by atomic mass is 16.3. The summed E-state index contributed by atoms with van der Waals surface area (Å²) in [5, 5.41) is 19.5. The number of amides is 1. The average molecular weight is 264 g/mol. The summed E-state index contributed by atoms with van der Waals surface area (Å²) >= 11 is 0. The molecule has 1 saturated heterocycles. The van der Waals surface area contributed by atoms with Crippen molar-refractivity contribution in [2.75, 3.05) is 26.7 Å². The van der Waals surface area contributed by atoms with Gasteiger partial charge in [0.2, 0.25) is 0 Å². The zero-order chi connectivity index (χ0) is 14.2. The number of carbonyl (C=O) groups excluding carboxylic acids is 1. The molecule has 1 aliphatic rings. The molecule has 1 aromatic carbocycles. The van der Waals surface area contributed by atoms with E-state index >= 15 is 0 Å². The first-order valence-corrected chi connectivity index (χ1v) is 6.34. The summed E-state index contributed by atoms with van der Waals surface area (Å²) in [6.07, 6.45) is 0. The Kier molecular flexibility index (Phi) is 3.41. The molecule has 1 amide bonds. The molecular formula is C14H20N2O3. The van der Waals surface area contributed by atoms with E-state index in [1.807, 2.05) is 7.05 Å². The summed E-state index contributed by atoms with van der Waals surface area (Å²) in [5.41, 5.74) is -0.128. The van der Waals surface area contributed by atoms with Crippen molar-refractivity contribution in [3.05, 3.63) is 23.8 Å². The molecule has 0 radical (unpaired) electrons. The molecule has 5 heteroatoms. The number of nitrogens with zero attached hydrogens (tertiary/aromatic N) is 2. The molecule has 1 heterocycles. The van der Waals surface area contributed by atoms with Gasteiger partial charge in [-0.2, -0.15) is 0 Å². The average Bonchev–Trinajstić information content (AvgIpc) is 2.32. The molecule has 1 aromatic rings. The zero-order valence-electron chi connectivity index (χ0n) is 11.6. The quantitative estimate of drug-likeness (QED) is 0.801. The Hall–Kier alpha value is -1.75. The monoisotopic (exact) mass is 264 g/mol. The minimum atomic E-state index is -0.322. The van der Waals surface area contributed by atoms with E-state index in [0.717, 1.165) is 6.54 Å². The van der Waals surface area contributed by atoms with E-state index in [2.05, 4.69) is 18.7 Å². The first-order valence-electron chi connectivity index (χ1n) is 6.34. The highest BCUT2D eigenvalue weighted by Crippen LogP contribution is 2.29. The molecular weight excluding hydrogens is 244 g/mol. The van der Waals surface area contributed by atoms with Gasteiger partial charge >= 0.3 is 0 Å². The van der Waals surface area contributed by atoms with Crippen molar-refractivity contribution < 1.29 is 15.0 Å². The lowest BCUT2D eigenvalue weighted by Gasteiger charge is -2.45. The minimum Gasteiger partial charge on any atom is -0.507 e. The van der Waals surface area contributed by atoms with Crippen molar-refractivity contribution in [2.24, 2.45) is 0 Å². The third-order valence-corrected chi connectivity index (χ3v) is 3.84. The second-order valence-electron chi connectivity index (χ2n) is 5.63. The maximum Gasteiger partial charge on any atom is 0.261 e.